The average Bonchev–Trinajstić information content (AvgIpc) is 3.37. The number of hydrogen-bond acceptors (Lipinski definition) is 8. The maximum Gasteiger partial charge on any atom is 0.411 e. The molecular formula is C23H25N7O3. The molecule has 0 spiro atoms. The van der Waals surface area contributed by atoms with E-state index < -0.39 is 6.09 Å². The van der Waals surface area contributed by atoms with Crippen molar-refractivity contribution in [1.29, 1.82) is 0 Å². The zero-order valence-corrected chi connectivity index (χ0v) is 18.1. The molecule has 33 heavy (non-hydrogen) atoms. The molecule has 0 bridgehead atoms. The van der Waals surface area contributed by atoms with Gasteiger partial charge in [-0.3, -0.25) is 10.1 Å². The quantitative estimate of drug-likeness (QED) is 0.399. The first-order chi connectivity index (χ1) is 16.2. The molecule has 2 aromatic heterocycles. The molecule has 10 nitrogen and oxygen atoms in total. The van der Waals surface area contributed by atoms with Gasteiger partial charge < -0.3 is 15.0 Å². The van der Waals surface area contributed by atoms with Gasteiger partial charge in [-0.05, 0) is 48.6 Å². The number of amides is 1. The van der Waals surface area contributed by atoms with Crippen molar-refractivity contribution in [2.45, 2.75) is 6.54 Å². The topological polar surface area (TPSA) is 114 Å². The van der Waals surface area contributed by atoms with Gasteiger partial charge in [0.2, 0.25) is 0 Å². The number of rotatable bonds is 8. The van der Waals surface area contributed by atoms with Gasteiger partial charge in [0.05, 0.1) is 12.2 Å². The van der Waals surface area contributed by atoms with Gasteiger partial charge in [-0.2, -0.15) is 5.10 Å². The highest BCUT2D eigenvalue weighted by Gasteiger charge is 2.11. The van der Waals surface area contributed by atoms with Gasteiger partial charge >= 0.3 is 6.09 Å². The lowest BCUT2D eigenvalue weighted by Gasteiger charge is -2.28. The summed E-state index contributed by atoms with van der Waals surface area (Å²) in [7, 11) is 0. The Morgan fingerprint density at radius 3 is 2.70 bits per heavy atom. The number of carbonyl (C=O) groups excluding carboxylic acids is 2. The molecule has 1 fully saturated rings. The molecule has 0 aliphatic carbocycles. The van der Waals surface area contributed by atoms with Crippen LogP contribution >= 0.6 is 0 Å². The maximum atomic E-state index is 12.5. The van der Waals surface area contributed by atoms with E-state index in [4.69, 9.17) is 4.74 Å². The molecule has 4 rings (SSSR count). The van der Waals surface area contributed by atoms with E-state index in [9.17, 15) is 9.59 Å². The Kier molecular flexibility index (Phi) is 7.39. The van der Waals surface area contributed by atoms with Gasteiger partial charge in [-0.15, -0.1) is 0 Å². The van der Waals surface area contributed by atoms with Crippen LogP contribution in [0.25, 0.3) is 6.08 Å². The lowest BCUT2D eigenvalue weighted by atomic mass is 10.1. The lowest BCUT2D eigenvalue weighted by Crippen LogP contribution is -2.43. The lowest BCUT2D eigenvalue weighted by molar-refractivity contribution is 0.104. The third kappa shape index (κ3) is 6.47. The molecule has 3 aromatic rings. The fraction of sp³-hybridized carbons (Fsp3) is 0.261. The van der Waals surface area contributed by atoms with Gasteiger partial charge in [-0.1, -0.05) is 6.07 Å². The molecule has 1 aliphatic rings. The second kappa shape index (κ2) is 11.0. The molecule has 2 N–H and O–H groups in total. The number of nitrogens with one attached hydrogen (secondary N) is 2. The number of carbonyl (C=O) groups is 2. The minimum atomic E-state index is -0.579. The summed E-state index contributed by atoms with van der Waals surface area (Å²) in [4.78, 5) is 35.1. The van der Waals surface area contributed by atoms with Gasteiger partial charge in [0.1, 0.15) is 25.1 Å². The van der Waals surface area contributed by atoms with Crippen molar-refractivity contribution < 1.29 is 14.3 Å². The van der Waals surface area contributed by atoms with Gasteiger partial charge in [0.15, 0.2) is 5.78 Å². The van der Waals surface area contributed by atoms with Crippen molar-refractivity contribution in [2.75, 3.05) is 43.0 Å². The van der Waals surface area contributed by atoms with Gasteiger partial charge in [-0.25, -0.2) is 19.4 Å². The van der Waals surface area contributed by atoms with Crippen molar-refractivity contribution in [2.24, 2.45) is 0 Å². The van der Waals surface area contributed by atoms with Crippen LogP contribution in [0.2, 0.25) is 0 Å². The van der Waals surface area contributed by atoms with E-state index in [-0.39, 0.29) is 12.4 Å². The number of aromatic nitrogens is 4. The number of anilines is 2. The van der Waals surface area contributed by atoms with E-state index in [1.807, 2.05) is 18.2 Å². The predicted octanol–water partition coefficient (Wildman–Crippen LogP) is 2.23. The number of allylic oxidation sites excluding steroid dienone is 1. The fourth-order valence-electron chi connectivity index (χ4n) is 3.31. The molecule has 3 heterocycles. The van der Waals surface area contributed by atoms with E-state index in [0.29, 0.717) is 17.8 Å². The first-order valence-electron chi connectivity index (χ1n) is 10.7. The molecule has 0 atom stereocenters. The molecule has 1 aromatic carbocycles. The third-order valence-electron chi connectivity index (χ3n) is 5.04. The Hall–Kier alpha value is -4.05. The Morgan fingerprint density at radius 2 is 1.94 bits per heavy atom. The fourth-order valence-corrected chi connectivity index (χ4v) is 3.31. The number of piperazine rings is 1. The summed E-state index contributed by atoms with van der Waals surface area (Å²) >= 11 is 0. The Bertz CT molecular complexity index is 1090. The van der Waals surface area contributed by atoms with Crippen LogP contribution in [0.4, 0.5) is 16.3 Å². The minimum absolute atomic E-state index is 0.147. The molecule has 170 valence electrons. The number of ketones is 1. The largest absolute Gasteiger partial charge is 0.447 e. The highest BCUT2D eigenvalue weighted by molar-refractivity contribution is 6.07. The van der Waals surface area contributed by atoms with Crippen LogP contribution in [0.15, 0.2) is 61.2 Å². The first kappa shape index (κ1) is 22.2. The van der Waals surface area contributed by atoms with Crippen molar-refractivity contribution in [3.8, 4) is 0 Å². The standard InChI is InChI=1S/C23H25N7O3/c31-21(9-8-19-2-1-3-22(27-19)29-12-10-24-11-13-29)18-4-6-20(7-5-18)28-23(32)33-15-14-30-17-25-16-26-30/h1-9,16-17,24H,10-15H2,(H,28,32). The number of ether oxygens (including phenoxy) is 1. The summed E-state index contributed by atoms with van der Waals surface area (Å²) in [5.74, 6) is 0.765. The molecular weight excluding hydrogens is 422 g/mol. The van der Waals surface area contributed by atoms with Crippen LogP contribution in [0.3, 0.4) is 0 Å². The molecule has 1 amide bonds. The zero-order chi connectivity index (χ0) is 22.9. The second-order valence-corrected chi connectivity index (χ2v) is 7.35. The van der Waals surface area contributed by atoms with Gasteiger partial charge in [0.25, 0.3) is 0 Å². The molecule has 1 aliphatic heterocycles. The number of benzene rings is 1. The van der Waals surface area contributed by atoms with Crippen LogP contribution < -0.4 is 15.5 Å². The average molecular weight is 447 g/mol. The summed E-state index contributed by atoms with van der Waals surface area (Å²) in [5.41, 5.74) is 1.77. The van der Waals surface area contributed by atoms with E-state index in [0.717, 1.165) is 37.7 Å². The van der Waals surface area contributed by atoms with Crippen molar-refractivity contribution in [3.05, 3.63) is 72.5 Å². The monoisotopic (exact) mass is 447 g/mol. The van der Waals surface area contributed by atoms with Crippen LogP contribution in [0, 0.1) is 0 Å². The van der Waals surface area contributed by atoms with Crippen LogP contribution in [0.1, 0.15) is 16.1 Å². The Labute approximate surface area is 191 Å². The summed E-state index contributed by atoms with van der Waals surface area (Å²) in [5, 5.41) is 9.88. The van der Waals surface area contributed by atoms with Crippen LogP contribution in [0.5, 0.6) is 0 Å². The van der Waals surface area contributed by atoms with Crippen molar-refractivity contribution in [1.82, 2.24) is 25.1 Å². The highest BCUT2D eigenvalue weighted by atomic mass is 16.5. The molecule has 1 saturated heterocycles. The molecule has 0 radical (unpaired) electrons. The third-order valence-corrected chi connectivity index (χ3v) is 5.04. The van der Waals surface area contributed by atoms with E-state index in [2.05, 4.69) is 30.6 Å². The van der Waals surface area contributed by atoms with E-state index in [1.165, 1.54) is 12.4 Å². The summed E-state index contributed by atoms with van der Waals surface area (Å²) in [6.45, 7) is 4.28. The predicted molar refractivity (Wildman–Crippen MR) is 124 cm³/mol. The minimum Gasteiger partial charge on any atom is -0.447 e. The van der Waals surface area contributed by atoms with E-state index >= 15 is 0 Å². The summed E-state index contributed by atoms with van der Waals surface area (Å²) < 4.78 is 6.67. The number of nitrogens with zero attached hydrogens (tertiary/aromatic N) is 5. The molecule has 10 heteroatoms. The van der Waals surface area contributed by atoms with Gasteiger partial charge in [0, 0.05) is 37.4 Å². The smallest absolute Gasteiger partial charge is 0.411 e. The summed E-state index contributed by atoms with van der Waals surface area (Å²) in [6.07, 6.45) is 5.60. The Balaban J connectivity index is 1.28. The molecule has 0 unspecified atom stereocenters. The Morgan fingerprint density at radius 1 is 1.12 bits per heavy atom. The number of hydrogen-bond donors (Lipinski definition) is 2. The summed E-state index contributed by atoms with van der Waals surface area (Å²) in [6, 6.07) is 12.4. The van der Waals surface area contributed by atoms with E-state index in [1.54, 1.807) is 41.4 Å². The maximum absolute atomic E-state index is 12.5. The SMILES string of the molecule is O=C(Nc1ccc(C(=O)C=Cc2cccc(N3CCNCC3)n2)cc1)OCCn1cncn1. The highest BCUT2D eigenvalue weighted by Crippen LogP contribution is 2.14. The second-order valence-electron chi connectivity index (χ2n) is 7.35. The zero-order valence-electron chi connectivity index (χ0n) is 18.1. The number of pyridine rings is 1. The van der Waals surface area contributed by atoms with Crippen molar-refractivity contribution in [3.63, 3.8) is 0 Å². The van der Waals surface area contributed by atoms with Crippen LogP contribution in [-0.4, -0.2) is 64.4 Å². The normalized spacial score (nSPS) is 13.8. The molecule has 0 saturated carbocycles. The first-order valence-corrected chi connectivity index (χ1v) is 10.7. The van der Waals surface area contributed by atoms with Crippen LogP contribution in [-0.2, 0) is 11.3 Å². The van der Waals surface area contributed by atoms with Crippen molar-refractivity contribution >= 4 is 29.5 Å².